The van der Waals surface area contributed by atoms with Crippen LogP contribution in [0.2, 0.25) is 0 Å². The largest absolute Gasteiger partial charge is 0.488 e. The van der Waals surface area contributed by atoms with Gasteiger partial charge in [-0.1, -0.05) is 17.3 Å². The monoisotopic (exact) mass is 345 g/mol. The highest BCUT2D eigenvalue weighted by Crippen LogP contribution is 2.25. The van der Waals surface area contributed by atoms with Crippen molar-refractivity contribution in [2.45, 2.75) is 45.8 Å². The van der Waals surface area contributed by atoms with Crippen LogP contribution in [0.15, 0.2) is 28.8 Å². The molecule has 0 bridgehead atoms. The van der Waals surface area contributed by atoms with Crippen LogP contribution < -0.4 is 4.74 Å². The van der Waals surface area contributed by atoms with E-state index in [4.69, 9.17) is 14.0 Å². The molecule has 1 fully saturated rings. The van der Waals surface area contributed by atoms with Gasteiger partial charge in [-0.25, -0.2) is 4.79 Å². The Morgan fingerprint density at radius 2 is 2.16 bits per heavy atom. The topological polar surface area (TPSA) is 77.7 Å². The summed E-state index contributed by atoms with van der Waals surface area (Å²) >= 11 is 0. The summed E-state index contributed by atoms with van der Waals surface area (Å²) in [5.41, 5.74) is 0.337. The highest BCUT2D eigenvalue weighted by molar-refractivity contribution is 5.68. The number of carbonyl (C=O) groups is 1. The van der Waals surface area contributed by atoms with Crippen molar-refractivity contribution in [2.24, 2.45) is 0 Å². The molecular formula is C18H23N3O4. The van der Waals surface area contributed by atoms with Crippen LogP contribution in [0.1, 0.15) is 33.1 Å². The lowest BCUT2D eigenvalue weighted by Gasteiger charge is -2.24. The minimum absolute atomic E-state index is 0.0604. The van der Waals surface area contributed by atoms with Crippen LogP contribution in [0.5, 0.6) is 5.75 Å². The predicted molar refractivity (Wildman–Crippen MR) is 91.3 cm³/mol. The Balaban J connectivity index is 1.61. The molecule has 1 amide bonds. The number of carbonyl (C=O) groups excluding carboxylic acids is 1. The fraction of sp³-hybridized carbons (Fsp3) is 0.500. The van der Waals surface area contributed by atoms with E-state index in [0.29, 0.717) is 24.8 Å². The summed E-state index contributed by atoms with van der Waals surface area (Å²) < 4.78 is 16.4. The number of amides is 1. The molecule has 1 aliphatic heterocycles. The quantitative estimate of drug-likeness (QED) is 0.848. The summed E-state index contributed by atoms with van der Waals surface area (Å²) in [7, 11) is 0. The Hall–Kier alpha value is -2.57. The number of likely N-dealkylation sites (tertiary alicyclic amines) is 1. The van der Waals surface area contributed by atoms with E-state index >= 15 is 0 Å². The Morgan fingerprint density at radius 1 is 1.36 bits per heavy atom. The second-order valence-electron chi connectivity index (χ2n) is 7.12. The second kappa shape index (κ2) is 6.74. The Morgan fingerprint density at radius 3 is 2.84 bits per heavy atom. The van der Waals surface area contributed by atoms with E-state index in [0.717, 1.165) is 17.7 Å². The second-order valence-corrected chi connectivity index (χ2v) is 7.12. The van der Waals surface area contributed by atoms with Crippen LogP contribution in [0.3, 0.4) is 0 Å². The van der Waals surface area contributed by atoms with E-state index in [1.807, 2.05) is 45.0 Å². The van der Waals surface area contributed by atoms with Crippen LogP contribution in [0.4, 0.5) is 4.79 Å². The van der Waals surface area contributed by atoms with Crippen LogP contribution in [0, 0.1) is 6.92 Å². The molecule has 1 saturated heterocycles. The maximum absolute atomic E-state index is 12.1. The number of rotatable bonds is 3. The highest BCUT2D eigenvalue weighted by Gasteiger charge is 2.30. The molecule has 25 heavy (non-hydrogen) atoms. The van der Waals surface area contributed by atoms with E-state index in [-0.39, 0.29) is 12.2 Å². The summed E-state index contributed by atoms with van der Waals surface area (Å²) in [6.45, 7) is 8.48. The van der Waals surface area contributed by atoms with Crippen LogP contribution in [-0.2, 0) is 4.74 Å². The molecule has 0 spiro atoms. The molecule has 7 heteroatoms. The smallest absolute Gasteiger partial charge is 0.410 e. The lowest BCUT2D eigenvalue weighted by atomic mass is 10.2. The van der Waals surface area contributed by atoms with Crippen molar-refractivity contribution in [3.05, 3.63) is 30.2 Å². The molecule has 2 heterocycles. The minimum atomic E-state index is -0.493. The van der Waals surface area contributed by atoms with Crippen LogP contribution in [-0.4, -0.2) is 45.9 Å². The third kappa shape index (κ3) is 4.49. The molecule has 0 aliphatic carbocycles. The Kier molecular flexibility index (Phi) is 4.65. The lowest BCUT2D eigenvalue weighted by molar-refractivity contribution is 0.0275. The molecule has 3 rings (SSSR count). The molecule has 1 aliphatic rings. The molecule has 1 aromatic carbocycles. The van der Waals surface area contributed by atoms with Gasteiger partial charge < -0.3 is 18.9 Å². The number of aryl methyl sites for hydroxylation is 1. The molecule has 0 N–H and O–H groups in total. The SMILES string of the molecule is Cc1nc(-c2cccc(OC3CCN(C(=O)OC(C)(C)C)C3)c2)no1. The average Bonchev–Trinajstić information content (AvgIpc) is 3.15. The van der Waals surface area contributed by atoms with Crippen molar-refractivity contribution < 1.29 is 18.8 Å². The van der Waals surface area contributed by atoms with Crippen LogP contribution in [0.25, 0.3) is 11.4 Å². The molecule has 0 radical (unpaired) electrons. The first-order valence-corrected chi connectivity index (χ1v) is 8.35. The first-order chi connectivity index (χ1) is 11.8. The molecule has 134 valence electrons. The standard InChI is InChI=1S/C18H23N3O4/c1-12-19-16(20-25-12)13-6-5-7-14(10-13)23-15-8-9-21(11-15)17(22)24-18(2,3)4/h5-7,10,15H,8-9,11H2,1-4H3. The van der Waals surface area contributed by atoms with Gasteiger partial charge in [-0.05, 0) is 32.9 Å². The fourth-order valence-electron chi connectivity index (χ4n) is 2.63. The summed E-state index contributed by atoms with van der Waals surface area (Å²) in [6.07, 6.45) is 0.412. The van der Waals surface area contributed by atoms with Gasteiger partial charge in [0.25, 0.3) is 0 Å². The molecule has 2 aromatic rings. The zero-order valence-corrected chi connectivity index (χ0v) is 15.0. The average molecular weight is 345 g/mol. The molecule has 1 atom stereocenters. The van der Waals surface area contributed by atoms with Crippen molar-refractivity contribution in [3.63, 3.8) is 0 Å². The van der Waals surface area contributed by atoms with Crippen molar-refractivity contribution in [2.75, 3.05) is 13.1 Å². The van der Waals surface area contributed by atoms with Crippen molar-refractivity contribution >= 4 is 6.09 Å². The minimum Gasteiger partial charge on any atom is -0.488 e. The van der Waals surface area contributed by atoms with E-state index in [1.54, 1.807) is 11.8 Å². The third-order valence-electron chi connectivity index (χ3n) is 3.72. The number of nitrogens with zero attached hydrogens (tertiary/aromatic N) is 3. The first-order valence-electron chi connectivity index (χ1n) is 8.35. The number of hydrogen-bond donors (Lipinski definition) is 0. The third-order valence-corrected chi connectivity index (χ3v) is 3.72. The molecule has 7 nitrogen and oxygen atoms in total. The van der Waals surface area contributed by atoms with Gasteiger partial charge in [-0.2, -0.15) is 4.98 Å². The van der Waals surface area contributed by atoms with E-state index in [9.17, 15) is 4.79 Å². The highest BCUT2D eigenvalue weighted by atomic mass is 16.6. The van der Waals surface area contributed by atoms with E-state index < -0.39 is 5.60 Å². The van der Waals surface area contributed by atoms with Crippen molar-refractivity contribution in [1.29, 1.82) is 0 Å². The maximum atomic E-state index is 12.1. The predicted octanol–water partition coefficient (Wildman–Crippen LogP) is 3.43. The first kappa shape index (κ1) is 17.3. The Labute approximate surface area is 146 Å². The van der Waals surface area contributed by atoms with Crippen molar-refractivity contribution in [3.8, 4) is 17.1 Å². The molecule has 1 aromatic heterocycles. The molecular weight excluding hydrogens is 322 g/mol. The zero-order valence-electron chi connectivity index (χ0n) is 15.0. The van der Waals surface area contributed by atoms with Gasteiger partial charge in [-0.3, -0.25) is 0 Å². The van der Waals surface area contributed by atoms with Gasteiger partial charge in [-0.15, -0.1) is 0 Å². The molecule has 1 unspecified atom stereocenters. The summed E-state index contributed by atoms with van der Waals surface area (Å²) in [6, 6.07) is 7.54. The summed E-state index contributed by atoms with van der Waals surface area (Å²) in [5.74, 6) is 1.77. The Bertz CT molecular complexity index is 751. The lowest BCUT2D eigenvalue weighted by Crippen LogP contribution is -2.36. The van der Waals surface area contributed by atoms with Crippen LogP contribution >= 0.6 is 0 Å². The van der Waals surface area contributed by atoms with Gasteiger partial charge in [0.05, 0.1) is 6.54 Å². The summed E-state index contributed by atoms with van der Waals surface area (Å²) in [5, 5.41) is 3.92. The van der Waals surface area contributed by atoms with Gasteiger partial charge in [0.1, 0.15) is 17.5 Å². The van der Waals surface area contributed by atoms with Gasteiger partial charge in [0.15, 0.2) is 0 Å². The van der Waals surface area contributed by atoms with E-state index in [1.165, 1.54) is 0 Å². The normalized spacial score (nSPS) is 17.6. The number of aromatic nitrogens is 2. The van der Waals surface area contributed by atoms with Gasteiger partial charge in [0.2, 0.25) is 11.7 Å². The van der Waals surface area contributed by atoms with Gasteiger partial charge >= 0.3 is 6.09 Å². The van der Waals surface area contributed by atoms with E-state index in [2.05, 4.69) is 10.1 Å². The fourth-order valence-corrected chi connectivity index (χ4v) is 2.63. The zero-order chi connectivity index (χ0) is 18.0. The number of ether oxygens (including phenoxy) is 2. The number of hydrogen-bond acceptors (Lipinski definition) is 6. The molecule has 0 saturated carbocycles. The number of benzene rings is 1. The van der Waals surface area contributed by atoms with Gasteiger partial charge in [0, 0.05) is 25.5 Å². The maximum Gasteiger partial charge on any atom is 0.410 e. The summed E-state index contributed by atoms with van der Waals surface area (Å²) in [4.78, 5) is 18.0. The van der Waals surface area contributed by atoms with Crippen molar-refractivity contribution in [1.82, 2.24) is 15.0 Å².